The summed E-state index contributed by atoms with van der Waals surface area (Å²) < 4.78 is 23.7. The Balaban J connectivity index is 2.02. The fourth-order valence-corrected chi connectivity index (χ4v) is 4.80. The third-order valence-corrected chi connectivity index (χ3v) is 6.41. The summed E-state index contributed by atoms with van der Waals surface area (Å²) in [5, 5.41) is 0. The molecule has 1 aliphatic heterocycles. The first kappa shape index (κ1) is 18.0. The van der Waals surface area contributed by atoms with Gasteiger partial charge in [0.25, 0.3) is 0 Å². The molecule has 1 aromatic carbocycles. The Morgan fingerprint density at radius 3 is 2.52 bits per heavy atom. The Hall–Kier alpha value is -1.36. The first-order valence-corrected chi connectivity index (χ1v) is 10.3. The molecule has 4 nitrogen and oxygen atoms in total. The summed E-state index contributed by atoms with van der Waals surface area (Å²) in [5.74, 6) is 0.369. The molecule has 1 aliphatic rings. The maximum Gasteiger partial charge on any atom is 0.237 e. The van der Waals surface area contributed by atoms with Crippen molar-refractivity contribution in [2.24, 2.45) is 5.92 Å². The summed E-state index contributed by atoms with van der Waals surface area (Å²) in [6, 6.07) is 10.4. The van der Waals surface area contributed by atoms with Gasteiger partial charge in [-0.1, -0.05) is 50.6 Å². The molecule has 0 radical (unpaired) electrons. The monoisotopic (exact) mass is 337 g/mol. The van der Waals surface area contributed by atoms with Crippen LogP contribution in [0.4, 0.5) is 0 Å². The van der Waals surface area contributed by atoms with Crippen LogP contribution in [-0.4, -0.2) is 43.8 Å². The normalized spacial score (nSPS) is 22.1. The number of benzene rings is 1. The minimum absolute atomic E-state index is 0.0937. The van der Waals surface area contributed by atoms with E-state index in [0.717, 1.165) is 12.8 Å². The number of piperidine rings is 1. The lowest BCUT2D eigenvalue weighted by Gasteiger charge is -2.38. The number of likely N-dealkylation sites (tertiary alicyclic amines) is 1. The third kappa shape index (κ3) is 4.80. The lowest BCUT2D eigenvalue weighted by Crippen LogP contribution is -2.45. The van der Waals surface area contributed by atoms with E-state index in [1.165, 1.54) is 5.56 Å². The van der Waals surface area contributed by atoms with Gasteiger partial charge in [-0.05, 0) is 30.2 Å². The molecule has 1 aromatic rings. The SMILES string of the molecule is CCCS(=O)(=O)CC(=O)N1CC[C@@H](c2ccccc2)[C@H](CC)C1. The van der Waals surface area contributed by atoms with Crippen LogP contribution < -0.4 is 0 Å². The zero-order chi connectivity index (χ0) is 16.9. The number of amides is 1. The molecule has 2 atom stereocenters. The van der Waals surface area contributed by atoms with Crippen molar-refractivity contribution in [1.82, 2.24) is 4.90 Å². The van der Waals surface area contributed by atoms with Crippen LogP contribution in [0.5, 0.6) is 0 Å². The van der Waals surface area contributed by atoms with Gasteiger partial charge in [-0.2, -0.15) is 0 Å². The Bertz CT molecular complexity index is 612. The zero-order valence-electron chi connectivity index (χ0n) is 14.1. The van der Waals surface area contributed by atoms with Gasteiger partial charge in [-0.3, -0.25) is 4.79 Å². The van der Waals surface area contributed by atoms with Gasteiger partial charge in [0.2, 0.25) is 5.91 Å². The van der Waals surface area contributed by atoms with E-state index in [0.29, 0.717) is 31.3 Å². The van der Waals surface area contributed by atoms with Crippen molar-refractivity contribution in [1.29, 1.82) is 0 Å². The van der Waals surface area contributed by atoms with Gasteiger partial charge in [0.15, 0.2) is 9.84 Å². The molecule has 0 N–H and O–H groups in total. The van der Waals surface area contributed by atoms with Gasteiger partial charge in [0, 0.05) is 13.1 Å². The lowest BCUT2D eigenvalue weighted by molar-refractivity contribution is -0.130. The minimum Gasteiger partial charge on any atom is -0.342 e. The summed E-state index contributed by atoms with van der Waals surface area (Å²) in [6.07, 6.45) is 2.45. The second-order valence-corrected chi connectivity index (χ2v) is 8.59. The molecule has 5 heteroatoms. The van der Waals surface area contributed by atoms with Crippen LogP contribution in [0.1, 0.15) is 44.6 Å². The smallest absolute Gasteiger partial charge is 0.237 e. The van der Waals surface area contributed by atoms with Crippen molar-refractivity contribution in [3.63, 3.8) is 0 Å². The molecule has 0 unspecified atom stereocenters. The van der Waals surface area contributed by atoms with Gasteiger partial charge in [0.05, 0.1) is 5.75 Å². The summed E-state index contributed by atoms with van der Waals surface area (Å²) in [4.78, 5) is 14.1. The average molecular weight is 337 g/mol. The van der Waals surface area contributed by atoms with E-state index in [-0.39, 0.29) is 17.4 Å². The molecule has 0 saturated carbocycles. The number of hydrogen-bond donors (Lipinski definition) is 0. The molecule has 128 valence electrons. The zero-order valence-corrected chi connectivity index (χ0v) is 14.9. The third-order valence-electron chi connectivity index (χ3n) is 4.70. The van der Waals surface area contributed by atoms with Gasteiger partial charge < -0.3 is 4.90 Å². The van der Waals surface area contributed by atoms with Crippen LogP contribution in [0.3, 0.4) is 0 Å². The molecule has 0 aromatic heterocycles. The fourth-order valence-electron chi connectivity index (χ4n) is 3.47. The largest absolute Gasteiger partial charge is 0.342 e. The van der Waals surface area contributed by atoms with Gasteiger partial charge in [-0.15, -0.1) is 0 Å². The Morgan fingerprint density at radius 1 is 1.22 bits per heavy atom. The maximum atomic E-state index is 12.3. The highest BCUT2D eigenvalue weighted by Crippen LogP contribution is 2.34. The molecule has 0 aliphatic carbocycles. The highest BCUT2D eigenvalue weighted by molar-refractivity contribution is 7.92. The lowest BCUT2D eigenvalue weighted by atomic mass is 9.79. The summed E-state index contributed by atoms with van der Waals surface area (Å²) in [5.41, 5.74) is 1.32. The van der Waals surface area contributed by atoms with Crippen molar-refractivity contribution in [2.75, 3.05) is 24.6 Å². The van der Waals surface area contributed by atoms with Crippen molar-refractivity contribution in [3.8, 4) is 0 Å². The van der Waals surface area contributed by atoms with E-state index < -0.39 is 9.84 Å². The fraction of sp³-hybridized carbons (Fsp3) is 0.611. The van der Waals surface area contributed by atoms with E-state index >= 15 is 0 Å². The number of carbonyl (C=O) groups excluding carboxylic acids is 1. The van der Waals surface area contributed by atoms with E-state index in [4.69, 9.17) is 0 Å². The first-order chi connectivity index (χ1) is 11.0. The maximum absolute atomic E-state index is 12.3. The number of hydrogen-bond acceptors (Lipinski definition) is 3. The number of sulfone groups is 1. The number of nitrogens with zero attached hydrogens (tertiary/aromatic N) is 1. The molecule has 1 amide bonds. The van der Waals surface area contributed by atoms with Crippen molar-refractivity contribution in [2.45, 2.75) is 39.0 Å². The van der Waals surface area contributed by atoms with Crippen LogP contribution in [0.2, 0.25) is 0 Å². The molecule has 0 spiro atoms. The second-order valence-electron chi connectivity index (χ2n) is 6.41. The Kier molecular flexibility index (Phi) is 6.22. The summed E-state index contributed by atoms with van der Waals surface area (Å²) in [6.45, 7) is 5.27. The quantitative estimate of drug-likeness (QED) is 0.802. The van der Waals surface area contributed by atoms with E-state index in [1.807, 2.05) is 13.0 Å². The van der Waals surface area contributed by atoms with Gasteiger partial charge >= 0.3 is 0 Å². The van der Waals surface area contributed by atoms with Crippen LogP contribution in [-0.2, 0) is 14.6 Å². The first-order valence-electron chi connectivity index (χ1n) is 8.50. The van der Waals surface area contributed by atoms with Crippen molar-refractivity contribution < 1.29 is 13.2 Å². The minimum atomic E-state index is -3.26. The predicted molar refractivity (Wildman–Crippen MR) is 93.1 cm³/mol. The molecule has 23 heavy (non-hydrogen) atoms. The van der Waals surface area contributed by atoms with Crippen LogP contribution in [0, 0.1) is 5.92 Å². The highest BCUT2D eigenvalue weighted by atomic mass is 32.2. The van der Waals surface area contributed by atoms with Crippen LogP contribution in [0.15, 0.2) is 30.3 Å². The topological polar surface area (TPSA) is 54.5 Å². The molecular formula is C18H27NO3S. The summed E-state index contributed by atoms with van der Waals surface area (Å²) >= 11 is 0. The molecule has 1 heterocycles. The van der Waals surface area contributed by atoms with Crippen LogP contribution >= 0.6 is 0 Å². The number of carbonyl (C=O) groups is 1. The average Bonchev–Trinajstić information content (AvgIpc) is 2.54. The van der Waals surface area contributed by atoms with Crippen LogP contribution in [0.25, 0.3) is 0 Å². The van der Waals surface area contributed by atoms with Gasteiger partial charge in [0.1, 0.15) is 5.75 Å². The van der Waals surface area contributed by atoms with Gasteiger partial charge in [-0.25, -0.2) is 8.42 Å². The predicted octanol–water partition coefficient (Wildman–Crippen LogP) is 2.85. The highest BCUT2D eigenvalue weighted by Gasteiger charge is 2.32. The summed E-state index contributed by atoms with van der Waals surface area (Å²) in [7, 11) is -3.26. The Morgan fingerprint density at radius 2 is 1.91 bits per heavy atom. The standard InChI is InChI=1S/C18H27NO3S/c1-3-12-23(21,22)14-18(20)19-11-10-17(15(4-2)13-19)16-8-6-5-7-9-16/h5-9,15,17H,3-4,10-14H2,1-2H3/t15-,17-/m1/s1. The van der Waals surface area contributed by atoms with E-state index in [1.54, 1.807) is 4.90 Å². The van der Waals surface area contributed by atoms with Crippen molar-refractivity contribution >= 4 is 15.7 Å². The van der Waals surface area contributed by atoms with E-state index in [2.05, 4.69) is 31.2 Å². The molecule has 2 rings (SSSR count). The Labute approximate surface area is 139 Å². The number of rotatable bonds is 6. The van der Waals surface area contributed by atoms with Crippen molar-refractivity contribution in [3.05, 3.63) is 35.9 Å². The molecule has 1 fully saturated rings. The molecule has 0 bridgehead atoms. The van der Waals surface area contributed by atoms with E-state index in [9.17, 15) is 13.2 Å². The molecule has 1 saturated heterocycles. The molecular weight excluding hydrogens is 310 g/mol. The second kappa shape index (κ2) is 7.95.